The molecule has 2 fully saturated rings. The molecule has 0 bridgehead atoms. The second-order valence-corrected chi connectivity index (χ2v) is 3.00. The van der Waals surface area contributed by atoms with Gasteiger partial charge in [0.2, 0.25) is 0 Å². The molecule has 1 saturated heterocycles. The molecule has 2 rings (SSSR count). The molecule has 3 atom stereocenters. The average molecular weight is 151 g/mol. The van der Waals surface area contributed by atoms with Crippen molar-refractivity contribution >= 4 is 0 Å². The van der Waals surface area contributed by atoms with Crippen molar-refractivity contribution in [2.45, 2.75) is 18.6 Å². The summed E-state index contributed by atoms with van der Waals surface area (Å²) in [5, 5.41) is 2.83. The predicted molar refractivity (Wildman–Crippen MR) is 29.4 cm³/mol. The van der Waals surface area contributed by atoms with Crippen molar-refractivity contribution in [2.24, 2.45) is 11.8 Å². The highest BCUT2D eigenvalue weighted by Crippen LogP contribution is 2.54. The molecule has 58 valence electrons. The molecule has 4 heteroatoms. The third kappa shape index (κ3) is 0.746. The molecule has 10 heavy (non-hydrogen) atoms. The second kappa shape index (κ2) is 1.67. The lowest BCUT2D eigenvalue weighted by Crippen LogP contribution is -2.24. The minimum atomic E-state index is -3.96. The standard InChI is InChI=1S/C6H8F3N/c7-6(8,9)4-3-1-2-10-5(3)4/h3-5,10H,1-2H2/t3-,4-,5+/m1/s1. The minimum Gasteiger partial charge on any atom is -0.313 e. The molecule has 1 heterocycles. The van der Waals surface area contributed by atoms with E-state index in [2.05, 4.69) is 5.32 Å². The minimum absolute atomic E-state index is 0.0972. The summed E-state index contributed by atoms with van der Waals surface area (Å²) < 4.78 is 35.8. The van der Waals surface area contributed by atoms with Gasteiger partial charge in [-0.2, -0.15) is 13.2 Å². The van der Waals surface area contributed by atoms with E-state index in [0.717, 1.165) is 6.54 Å². The van der Waals surface area contributed by atoms with Crippen molar-refractivity contribution in [3.63, 3.8) is 0 Å². The third-order valence-corrected chi connectivity index (χ3v) is 2.40. The van der Waals surface area contributed by atoms with Crippen molar-refractivity contribution in [3.05, 3.63) is 0 Å². The number of hydrogen-bond donors (Lipinski definition) is 1. The van der Waals surface area contributed by atoms with Gasteiger partial charge in [-0.25, -0.2) is 0 Å². The van der Waals surface area contributed by atoms with Gasteiger partial charge in [-0.15, -0.1) is 0 Å². The van der Waals surface area contributed by atoms with Crippen LogP contribution in [0.1, 0.15) is 6.42 Å². The average Bonchev–Trinajstić information content (AvgIpc) is 2.30. The molecule has 0 aromatic carbocycles. The van der Waals surface area contributed by atoms with Crippen LogP contribution in [-0.2, 0) is 0 Å². The van der Waals surface area contributed by atoms with Crippen LogP contribution in [0.15, 0.2) is 0 Å². The van der Waals surface area contributed by atoms with Gasteiger partial charge in [0.15, 0.2) is 0 Å². The Hall–Kier alpha value is -0.250. The molecule has 0 unspecified atom stereocenters. The largest absolute Gasteiger partial charge is 0.393 e. The van der Waals surface area contributed by atoms with E-state index >= 15 is 0 Å². The van der Waals surface area contributed by atoms with Crippen molar-refractivity contribution in [1.82, 2.24) is 5.32 Å². The van der Waals surface area contributed by atoms with Crippen LogP contribution in [-0.4, -0.2) is 18.8 Å². The number of alkyl halides is 3. The lowest BCUT2D eigenvalue weighted by atomic mass is 10.2. The SMILES string of the molecule is FC(F)(F)[C@@H]1[C@H]2CCN[C@@H]21. The van der Waals surface area contributed by atoms with E-state index in [0.29, 0.717) is 6.42 Å². The molecule has 0 aromatic heterocycles. The third-order valence-electron chi connectivity index (χ3n) is 2.40. The van der Waals surface area contributed by atoms with Gasteiger partial charge in [-0.05, 0) is 18.9 Å². The van der Waals surface area contributed by atoms with E-state index in [9.17, 15) is 13.2 Å². The van der Waals surface area contributed by atoms with Gasteiger partial charge in [0.05, 0.1) is 5.92 Å². The predicted octanol–water partition coefficient (Wildman–Crippen LogP) is 1.16. The Morgan fingerprint density at radius 1 is 1.30 bits per heavy atom. The number of nitrogens with one attached hydrogen (secondary N) is 1. The van der Waals surface area contributed by atoms with Crippen molar-refractivity contribution in [2.75, 3.05) is 6.54 Å². The Kier molecular flexibility index (Phi) is 1.08. The maximum Gasteiger partial charge on any atom is 0.393 e. The highest BCUT2D eigenvalue weighted by Gasteiger charge is 2.65. The monoisotopic (exact) mass is 151 g/mol. The fourth-order valence-corrected chi connectivity index (χ4v) is 1.87. The number of fused-ring (bicyclic) bond motifs is 1. The smallest absolute Gasteiger partial charge is 0.313 e. The maximum atomic E-state index is 11.9. The van der Waals surface area contributed by atoms with Gasteiger partial charge in [0.1, 0.15) is 0 Å². The molecule has 0 radical (unpaired) electrons. The number of piperidine rings is 1. The fraction of sp³-hybridized carbons (Fsp3) is 1.00. The molecule has 2 aliphatic rings. The second-order valence-electron chi connectivity index (χ2n) is 3.00. The van der Waals surface area contributed by atoms with E-state index in [1.165, 1.54) is 0 Å². The van der Waals surface area contributed by atoms with Crippen LogP contribution in [0.25, 0.3) is 0 Å². The highest BCUT2D eigenvalue weighted by atomic mass is 19.4. The molecule has 1 nitrogen and oxygen atoms in total. The molecule has 1 aliphatic carbocycles. The van der Waals surface area contributed by atoms with Gasteiger partial charge in [-0.1, -0.05) is 0 Å². The van der Waals surface area contributed by atoms with Crippen molar-refractivity contribution < 1.29 is 13.2 Å². The molecule has 1 aliphatic heterocycles. The Balaban J connectivity index is 2.01. The van der Waals surface area contributed by atoms with Crippen molar-refractivity contribution in [1.29, 1.82) is 0 Å². The Morgan fingerprint density at radius 2 is 2.00 bits per heavy atom. The van der Waals surface area contributed by atoms with Gasteiger partial charge < -0.3 is 5.32 Å². The fourth-order valence-electron chi connectivity index (χ4n) is 1.87. The number of halogens is 3. The maximum absolute atomic E-state index is 11.9. The number of rotatable bonds is 0. The molecule has 0 amide bonds. The van der Waals surface area contributed by atoms with Crippen LogP contribution in [0.2, 0.25) is 0 Å². The topological polar surface area (TPSA) is 12.0 Å². The molecule has 0 spiro atoms. The van der Waals surface area contributed by atoms with E-state index < -0.39 is 12.1 Å². The molecular formula is C6H8F3N. The Labute approximate surface area is 56.6 Å². The summed E-state index contributed by atoms with van der Waals surface area (Å²) in [5.41, 5.74) is 0. The lowest BCUT2D eigenvalue weighted by molar-refractivity contribution is -0.153. The summed E-state index contributed by atoms with van der Waals surface area (Å²) in [6.45, 7) is 0.766. The first kappa shape index (κ1) is 6.46. The zero-order valence-corrected chi connectivity index (χ0v) is 5.28. The van der Waals surface area contributed by atoms with Crippen LogP contribution < -0.4 is 5.32 Å². The van der Waals surface area contributed by atoms with Gasteiger partial charge in [0, 0.05) is 6.04 Å². The molecule has 0 aromatic rings. The normalized spacial score (nSPS) is 45.3. The van der Waals surface area contributed by atoms with E-state index in [-0.39, 0.29) is 12.0 Å². The van der Waals surface area contributed by atoms with Crippen LogP contribution in [0.4, 0.5) is 13.2 Å². The zero-order valence-electron chi connectivity index (χ0n) is 5.28. The van der Waals surface area contributed by atoms with Crippen LogP contribution in [0, 0.1) is 11.8 Å². The van der Waals surface area contributed by atoms with E-state index in [1.54, 1.807) is 0 Å². The Morgan fingerprint density at radius 3 is 2.30 bits per heavy atom. The van der Waals surface area contributed by atoms with Gasteiger partial charge in [0.25, 0.3) is 0 Å². The van der Waals surface area contributed by atoms with Crippen LogP contribution in [0.5, 0.6) is 0 Å². The zero-order chi connectivity index (χ0) is 7.35. The summed E-state index contributed by atoms with van der Waals surface area (Å²) in [5.74, 6) is -1.12. The number of hydrogen-bond acceptors (Lipinski definition) is 1. The van der Waals surface area contributed by atoms with Gasteiger partial charge >= 0.3 is 6.18 Å². The Bertz CT molecular complexity index is 144. The highest BCUT2D eigenvalue weighted by molar-refractivity contribution is 5.10. The first-order chi connectivity index (χ1) is 4.61. The van der Waals surface area contributed by atoms with E-state index in [1.807, 2.05) is 0 Å². The molecule has 1 N–H and O–H groups in total. The van der Waals surface area contributed by atoms with Crippen LogP contribution >= 0.6 is 0 Å². The summed E-state index contributed by atoms with van der Waals surface area (Å²) in [7, 11) is 0. The first-order valence-corrected chi connectivity index (χ1v) is 3.41. The first-order valence-electron chi connectivity index (χ1n) is 3.41. The lowest BCUT2D eigenvalue weighted by Gasteiger charge is -2.07. The summed E-state index contributed by atoms with van der Waals surface area (Å²) in [6, 6.07) is -0.236. The summed E-state index contributed by atoms with van der Waals surface area (Å²) in [4.78, 5) is 0. The summed E-state index contributed by atoms with van der Waals surface area (Å²) in [6.07, 6.45) is -3.25. The van der Waals surface area contributed by atoms with Crippen molar-refractivity contribution in [3.8, 4) is 0 Å². The van der Waals surface area contributed by atoms with E-state index in [4.69, 9.17) is 0 Å². The summed E-state index contributed by atoms with van der Waals surface area (Å²) >= 11 is 0. The quantitative estimate of drug-likeness (QED) is 0.547. The molecular weight excluding hydrogens is 143 g/mol. The molecule has 1 saturated carbocycles. The van der Waals surface area contributed by atoms with Gasteiger partial charge in [-0.3, -0.25) is 0 Å². The van der Waals surface area contributed by atoms with Crippen LogP contribution in [0.3, 0.4) is 0 Å².